The summed E-state index contributed by atoms with van der Waals surface area (Å²) in [6, 6.07) is -1.22. The summed E-state index contributed by atoms with van der Waals surface area (Å²) in [5.74, 6) is 0. The first-order chi connectivity index (χ1) is 5.80. The minimum absolute atomic E-state index is 0.183. The van der Waals surface area contributed by atoms with Crippen LogP contribution in [0.5, 0.6) is 0 Å². The number of alkyl halides is 3. The second kappa shape index (κ2) is 5.20. The smallest absolute Gasteiger partial charge is 0.242 e. The monoisotopic (exact) mass is 249 g/mol. The molecule has 0 saturated carbocycles. The van der Waals surface area contributed by atoms with Gasteiger partial charge in [0.15, 0.2) is 6.10 Å². The summed E-state index contributed by atoms with van der Waals surface area (Å²) >= 11 is 16.0. The molecule has 0 saturated heterocycles. The molecule has 0 spiro atoms. The molecule has 0 aromatic heterocycles. The lowest BCUT2D eigenvalue weighted by molar-refractivity contribution is -0.535. The third-order valence-corrected chi connectivity index (χ3v) is 2.23. The van der Waals surface area contributed by atoms with E-state index in [0.717, 1.165) is 0 Å². The standard InChI is InChI=1S/C6H10Cl3NO3/c1-2-3-4(10(12)13)5(11)6(7,8)9/h4-5,11H,2-3H2,1H3. The molecule has 1 N–H and O–H groups in total. The van der Waals surface area contributed by atoms with Crippen LogP contribution in [-0.2, 0) is 0 Å². The molecule has 0 radical (unpaired) electrons. The van der Waals surface area contributed by atoms with Crippen LogP contribution in [0.2, 0.25) is 0 Å². The maximum absolute atomic E-state index is 10.4. The summed E-state index contributed by atoms with van der Waals surface area (Å²) in [5.41, 5.74) is 0. The van der Waals surface area contributed by atoms with E-state index in [4.69, 9.17) is 34.8 Å². The lowest BCUT2D eigenvalue weighted by atomic mass is 10.1. The van der Waals surface area contributed by atoms with Gasteiger partial charge in [0.25, 0.3) is 0 Å². The molecule has 13 heavy (non-hydrogen) atoms. The van der Waals surface area contributed by atoms with Gasteiger partial charge >= 0.3 is 0 Å². The second-order valence-electron chi connectivity index (χ2n) is 2.63. The number of aliphatic hydroxyl groups is 1. The first kappa shape index (κ1) is 13.2. The van der Waals surface area contributed by atoms with Crippen LogP contribution in [0.4, 0.5) is 0 Å². The van der Waals surface area contributed by atoms with Crippen LogP contribution < -0.4 is 0 Å². The molecule has 0 fully saturated rings. The van der Waals surface area contributed by atoms with Crippen LogP contribution in [0.15, 0.2) is 0 Å². The van der Waals surface area contributed by atoms with Crippen molar-refractivity contribution in [3.63, 3.8) is 0 Å². The number of aliphatic hydroxyl groups excluding tert-OH is 1. The van der Waals surface area contributed by atoms with E-state index in [-0.39, 0.29) is 6.42 Å². The number of nitrogens with zero attached hydrogens (tertiary/aromatic N) is 1. The fraction of sp³-hybridized carbons (Fsp3) is 1.00. The molecule has 0 aromatic rings. The van der Waals surface area contributed by atoms with E-state index in [9.17, 15) is 15.2 Å². The molecule has 0 rings (SSSR count). The zero-order valence-electron chi connectivity index (χ0n) is 6.91. The third kappa shape index (κ3) is 4.31. The second-order valence-corrected chi connectivity index (χ2v) is 5.00. The van der Waals surface area contributed by atoms with E-state index in [2.05, 4.69) is 0 Å². The van der Waals surface area contributed by atoms with Crippen molar-refractivity contribution in [1.82, 2.24) is 0 Å². The number of hydrogen-bond donors (Lipinski definition) is 1. The van der Waals surface area contributed by atoms with E-state index in [1.54, 1.807) is 6.92 Å². The summed E-state index contributed by atoms with van der Waals surface area (Å²) in [4.78, 5) is 9.82. The Morgan fingerprint density at radius 1 is 1.54 bits per heavy atom. The van der Waals surface area contributed by atoms with E-state index in [1.807, 2.05) is 0 Å². The third-order valence-electron chi connectivity index (χ3n) is 1.56. The Balaban J connectivity index is 4.46. The molecule has 2 unspecified atom stereocenters. The molecule has 0 heterocycles. The van der Waals surface area contributed by atoms with Gasteiger partial charge in [-0.05, 0) is 6.42 Å². The maximum Gasteiger partial charge on any atom is 0.242 e. The Morgan fingerprint density at radius 3 is 2.23 bits per heavy atom. The quantitative estimate of drug-likeness (QED) is 0.472. The summed E-state index contributed by atoms with van der Waals surface area (Å²) in [5, 5.41) is 19.8. The van der Waals surface area contributed by atoms with Gasteiger partial charge in [0.1, 0.15) is 0 Å². The van der Waals surface area contributed by atoms with Gasteiger partial charge in [0, 0.05) is 11.3 Å². The Hall–Kier alpha value is 0.230. The van der Waals surface area contributed by atoms with E-state index < -0.39 is 20.9 Å². The zero-order chi connectivity index (χ0) is 10.6. The van der Waals surface area contributed by atoms with Gasteiger partial charge < -0.3 is 5.11 Å². The summed E-state index contributed by atoms with van der Waals surface area (Å²) < 4.78 is -2.01. The highest BCUT2D eigenvalue weighted by molar-refractivity contribution is 6.68. The van der Waals surface area contributed by atoms with Crippen LogP contribution in [0, 0.1) is 10.1 Å². The molecule has 0 amide bonds. The molecule has 0 aromatic carbocycles. The van der Waals surface area contributed by atoms with E-state index in [0.29, 0.717) is 6.42 Å². The highest BCUT2D eigenvalue weighted by Crippen LogP contribution is 2.33. The molecule has 0 aliphatic heterocycles. The highest BCUT2D eigenvalue weighted by Gasteiger charge is 2.43. The summed E-state index contributed by atoms with van der Waals surface area (Å²) in [6.07, 6.45) is -0.849. The Bertz CT molecular complexity index is 182. The van der Waals surface area contributed by atoms with Gasteiger partial charge in [-0.15, -0.1) is 0 Å². The topological polar surface area (TPSA) is 63.4 Å². The largest absolute Gasteiger partial charge is 0.382 e. The average molecular weight is 251 g/mol. The van der Waals surface area contributed by atoms with Crippen molar-refractivity contribution in [2.75, 3.05) is 0 Å². The Labute approximate surface area is 90.9 Å². The van der Waals surface area contributed by atoms with Gasteiger partial charge in [-0.1, -0.05) is 41.7 Å². The van der Waals surface area contributed by atoms with Crippen molar-refractivity contribution >= 4 is 34.8 Å². The molecular weight excluding hydrogens is 240 g/mol. The summed E-state index contributed by atoms with van der Waals surface area (Å²) in [7, 11) is 0. The van der Waals surface area contributed by atoms with Gasteiger partial charge in [-0.3, -0.25) is 10.1 Å². The zero-order valence-corrected chi connectivity index (χ0v) is 9.18. The predicted molar refractivity (Wildman–Crippen MR) is 52.0 cm³/mol. The molecule has 0 bridgehead atoms. The molecule has 0 aliphatic carbocycles. The number of halogens is 3. The summed E-state index contributed by atoms with van der Waals surface area (Å²) in [6.45, 7) is 1.75. The first-order valence-electron chi connectivity index (χ1n) is 3.69. The van der Waals surface area contributed by atoms with E-state index >= 15 is 0 Å². The van der Waals surface area contributed by atoms with Crippen LogP contribution >= 0.6 is 34.8 Å². The van der Waals surface area contributed by atoms with Crippen molar-refractivity contribution in [3.05, 3.63) is 10.1 Å². The molecule has 78 valence electrons. The Morgan fingerprint density at radius 2 is 2.00 bits per heavy atom. The van der Waals surface area contributed by atoms with Crippen molar-refractivity contribution in [3.8, 4) is 0 Å². The van der Waals surface area contributed by atoms with Crippen LogP contribution in [0.1, 0.15) is 19.8 Å². The van der Waals surface area contributed by atoms with Crippen molar-refractivity contribution < 1.29 is 10.0 Å². The first-order valence-corrected chi connectivity index (χ1v) is 4.82. The van der Waals surface area contributed by atoms with Crippen LogP contribution in [0.25, 0.3) is 0 Å². The van der Waals surface area contributed by atoms with Gasteiger partial charge in [0.05, 0.1) is 0 Å². The predicted octanol–water partition coefficient (Wildman–Crippen LogP) is 2.16. The van der Waals surface area contributed by atoms with Gasteiger partial charge in [-0.2, -0.15) is 0 Å². The normalized spacial score (nSPS) is 16.7. The SMILES string of the molecule is CCCC(C(O)C(Cl)(Cl)Cl)[N+](=O)[O-]. The lowest BCUT2D eigenvalue weighted by Gasteiger charge is -2.21. The lowest BCUT2D eigenvalue weighted by Crippen LogP contribution is -2.42. The molecular formula is C6H10Cl3NO3. The van der Waals surface area contributed by atoms with Crippen LogP contribution in [-0.4, -0.2) is 26.0 Å². The minimum Gasteiger partial charge on any atom is -0.382 e. The highest BCUT2D eigenvalue weighted by atomic mass is 35.6. The van der Waals surface area contributed by atoms with Crippen molar-refractivity contribution in [1.29, 1.82) is 0 Å². The fourth-order valence-corrected chi connectivity index (χ4v) is 1.33. The average Bonchev–Trinajstić information content (AvgIpc) is 1.96. The van der Waals surface area contributed by atoms with Crippen molar-refractivity contribution in [2.24, 2.45) is 0 Å². The molecule has 0 aliphatic rings. The number of rotatable bonds is 4. The van der Waals surface area contributed by atoms with E-state index in [1.165, 1.54) is 0 Å². The number of nitro groups is 1. The number of hydrogen-bond acceptors (Lipinski definition) is 3. The maximum atomic E-state index is 10.4. The minimum atomic E-state index is -2.01. The van der Waals surface area contributed by atoms with Gasteiger partial charge in [0.2, 0.25) is 9.83 Å². The Kier molecular flexibility index (Phi) is 5.29. The molecule has 2 atom stereocenters. The van der Waals surface area contributed by atoms with Gasteiger partial charge in [-0.25, -0.2) is 0 Å². The van der Waals surface area contributed by atoms with Crippen molar-refractivity contribution in [2.45, 2.75) is 35.7 Å². The fourth-order valence-electron chi connectivity index (χ4n) is 0.892. The molecule has 4 nitrogen and oxygen atoms in total. The van der Waals surface area contributed by atoms with Crippen LogP contribution in [0.3, 0.4) is 0 Å². The molecule has 7 heteroatoms.